The molecule has 0 N–H and O–H groups in total. The van der Waals surface area contributed by atoms with E-state index in [1.807, 2.05) is 13.0 Å². The summed E-state index contributed by atoms with van der Waals surface area (Å²) in [7, 11) is -0.432. The summed E-state index contributed by atoms with van der Waals surface area (Å²) in [5, 5.41) is 3.81. The Bertz CT molecular complexity index is 702. The van der Waals surface area contributed by atoms with Crippen molar-refractivity contribution >= 4 is 10.0 Å². The lowest BCUT2D eigenvalue weighted by Crippen LogP contribution is -2.23. The third-order valence-corrected chi connectivity index (χ3v) is 4.82. The highest BCUT2D eigenvalue weighted by Crippen LogP contribution is 2.26. The molecule has 0 saturated heterocycles. The maximum absolute atomic E-state index is 12.2. The van der Waals surface area contributed by atoms with Crippen LogP contribution >= 0.6 is 0 Å². The van der Waals surface area contributed by atoms with Crippen LogP contribution < -0.4 is 0 Å². The molecule has 19 heavy (non-hydrogen) atoms. The topological polar surface area (TPSA) is 63.4 Å². The van der Waals surface area contributed by atoms with Crippen LogP contribution in [0, 0.1) is 13.8 Å². The molecule has 0 aliphatic heterocycles. The zero-order valence-corrected chi connectivity index (χ0v) is 12.2. The maximum atomic E-state index is 12.2. The van der Waals surface area contributed by atoms with E-state index in [1.54, 1.807) is 25.1 Å². The number of hydrogen-bond acceptors (Lipinski definition) is 4. The van der Waals surface area contributed by atoms with Crippen LogP contribution in [-0.2, 0) is 10.0 Å². The van der Waals surface area contributed by atoms with E-state index in [4.69, 9.17) is 4.52 Å². The van der Waals surface area contributed by atoms with Crippen LogP contribution in [0.4, 0.5) is 0 Å². The van der Waals surface area contributed by atoms with Gasteiger partial charge >= 0.3 is 0 Å². The van der Waals surface area contributed by atoms with Crippen LogP contribution in [0.15, 0.2) is 33.7 Å². The summed E-state index contributed by atoms with van der Waals surface area (Å²) in [6.07, 6.45) is 0. The number of aromatic nitrogens is 1. The van der Waals surface area contributed by atoms with Crippen molar-refractivity contribution in [2.75, 3.05) is 14.1 Å². The van der Waals surface area contributed by atoms with Crippen molar-refractivity contribution in [2.24, 2.45) is 0 Å². The van der Waals surface area contributed by atoms with Crippen LogP contribution in [0.3, 0.4) is 0 Å². The first-order chi connectivity index (χ1) is 8.82. The predicted molar refractivity (Wildman–Crippen MR) is 72.3 cm³/mol. The average Bonchev–Trinajstić information content (AvgIpc) is 2.76. The fraction of sp³-hybridized carbons (Fsp3) is 0.308. The highest BCUT2D eigenvalue weighted by atomic mass is 32.2. The van der Waals surface area contributed by atoms with E-state index in [-0.39, 0.29) is 4.90 Å². The molecular formula is C13H16N2O3S. The van der Waals surface area contributed by atoms with E-state index >= 15 is 0 Å². The molecule has 0 unspecified atom stereocenters. The van der Waals surface area contributed by atoms with Crippen molar-refractivity contribution < 1.29 is 12.9 Å². The van der Waals surface area contributed by atoms with Gasteiger partial charge in [0, 0.05) is 25.7 Å². The van der Waals surface area contributed by atoms with E-state index in [1.165, 1.54) is 18.4 Å². The normalized spacial score (nSPS) is 12.1. The summed E-state index contributed by atoms with van der Waals surface area (Å²) in [4.78, 5) is 0.282. The molecule has 0 fully saturated rings. The molecule has 0 radical (unpaired) electrons. The Hall–Kier alpha value is -1.66. The standard InChI is InChI=1S/C13H16N2O3S/c1-9-5-6-11(12-7-10(2)14-18-12)8-13(9)19(16,17)15(3)4/h5-8H,1-4H3. The zero-order valence-electron chi connectivity index (χ0n) is 11.3. The zero-order chi connectivity index (χ0) is 14.2. The van der Waals surface area contributed by atoms with Gasteiger partial charge in [-0.05, 0) is 25.5 Å². The highest BCUT2D eigenvalue weighted by molar-refractivity contribution is 7.89. The van der Waals surface area contributed by atoms with Gasteiger partial charge in [-0.1, -0.05) is 17.3 Å². The van der Waals surface area contributed by atoms with Crippen molar-refractivity contribution in [3.63, 3.8) is 0 Å². The van der Waals surface area contributed by atoms with Gasteiger partial charge < -0.3 is 4.52 Å². The Morgan fingerprint density at radius 2 is 1.84 bits per heavy atom. The predicted octanol–water partition coefficient (Wildman–Crippen LogP) is 2.21. The van der Waals surface area contributed by atoms with E-state index in [0.717, 1.165) is 5.69 Å². The lowest BCUT2D eigenvalue weighted by molar-refractivity contribution is 0.427. The summed E-state index contributed by atoms with van der Waals surface area (Å²) in [6.45, 7) is 3.59. The van der Waals surface area contributed by atoms with Gasteiger partial charge in [-0.15, -0.1) is 0 Å². The van der Waals surface area contributed by atoms with Gasteiger partial charge in [-0.3, -0.25) is 0 Å². The van der Waals surface area contributed by atoms with Crippen molar-refractivity contribution in [1.82, 2.24) is 9.46 Å². The van der Waals surface area contributed by atoms with Gasteiger partial charge in [0.1, 0.15) is 0 Å². The SMILES string of the molecule is Cc1cc(-c2ccc(C)c(S(=O)(=O)N(C)C)c2)on1. The van der Waals surface area contributed by atoms with E-state index < -0.39 is 10.0 Å². The van der Waals surface area contributed by atoms with Crippen LogP contribution in [0.1, 0.15) is 11.3 Å². The van der Waals surface area contributed by atoms with Gasteiger partial charge in [0.05, 0.1) is 10.6 Å². The molecule has 1 heterocycles. The van der Waals surface area contributed by atoms with Gasteiger partial charge in [-0.2, -0.15) is 0 Å². The molecule has 5 nitrogen and oxygen atoms in total. The number of hydrogen-bond donors (Lipinski definition) is 0. The summed E-state index contributed by atoms with van der Waals surface area (Å²) in [6, 6.07) is 6.98. The molecule has 1 aromatic carbocycles. The van der Waals surface area contributed by atoms with Gasteiger partial charge in [0.15, 0.2) is 5.76 Å². The molecule has 0 amide bonds. The molecule has 0 aliphatic carbocycles. The van der Waals surface area contributed by atoms with Gasteiger partial charge in [0.25, 0.3) is 0 Å². The minimum Gasteiger partial charge on any atom is -0.356 e. The first-order valence-electron chi connectivity index (χ1n) is 5.79. The molecule has 0 aliphatic rings. The second-order valence-corrected chi connectivity index (χ2v) is 6.72. The fourth-order valence-corrected chi connectivity index (χ4v) is 2.87. The molecule has 2 aromatic rings. The summed E-state index contributed by atoms with van der Waals surface area (Å²) in [5.74, 6) is 0.563. The Morgan fingerprint density at radius 1 is 1.16 bits per heavy atom. The van der Waals surface area contributed by atoms with E-state index in [2.05, 4.69) is 5.16 Å². The largest absolute Gasteiger partial charge is 0.356 e. The fourth-order valence-electron chi connectivity index (χ4n) is 1.73. The van der Waals surface area contributed by atoms with Crippen LogP contribution in [0.2, 0.25) is 0 Å². The van der Waals surface area contributed by atoms with Crippen LogP contribution in [-0.4, -0.2) is 32.0 Å². The van der Waals surface area contributed by atoms with Crippen molar-refractivity contribution in [2.45, 2.75) is 18.7 Å². The number of nitrogens with zero attached hydrogens (tertiary/aromatic N) is 2. The van der Waals surface area contributed by atoms with Crippen molar-refractivity contribution in [1.29, 1.82) is 0 Å². The summed E-state index contributed by atoms with van der Waals surface area (Å²) in [5.41, 5.74) is 2.16. The van der Waals surface area contributed by atoms with Crippen molar-refractivity contribution in [3.8, 4) is 11.3 Å². The average molecular weight is 280 g/mol. The first kappa shape index (κ1) is 13.8. The van der Waals surface area contributed by atoms with E-state index in [0.29, 0.717) is 16.9 Å². The number of benzene rings is 1. The minimum atomic E-state index is -3.46. The summed E-state index contributed by atoms with van der Waals surface area (Å²) >= 11 is 0. The highest BCUT2D eigenvalue weighted by Gasteiger charge is 2.20. The second kappa shape index (κ2) is 4.79. The third kappa shape index (κ3) is 2.54. The minimum absolute atomic E-state index is 0.282. The number of sulfonamides is 1. The molecule has 0 atom stereocenters. The quantitative estimate of drug-likeness (QED) is 0.864. The van der Waals surface area contributed by atoms with Crippen LogP contribution in [0.25, 0.3) is 11.3 Å². The Morgan fingerprint density at radius 3 is 2.37 bits per heavy atom. The lowest BCUT2D eigenvalue weighted by Gasteiger charge is -2.14. The van der Waals surface area contributed by atoms with Crippen molar-refractivity contribution in [3.05, 3.63) is 35.5 Å². The van der Waals surface area contributed by atoms with E-state index in [9.17, 15) is 8.42 Å². The first-order valence-corrected chi connectivity index (χ1v) is 7.23. The molecule has 2 rings (SSSR count). The number of aryl methyl sites for hydroxylation is 2. The Balaban J connectivity index is 2.58. The van der Waals surface area contributed by atoms with Gasteiger partial charge in [0.2, 0.25) is 10.0 Å². The maximum Gasteiger partial charge on any atom is 0.242 e. The molecule has 0 bridgehead atoms. The molecule has 0 spiro atoms. The second-order valence-electron chi connectivity index (χ2n) is 4.60. The number of rotatable bonds is 3. The lowest BCUT2D eigenvalue weighted by atomic mass is 10.1. The third-order valence-electron chi connectivity index (χ3n) is 2.86. The Labute approximate surface area is 112 Å². The molecule has 6 heteroatoms. The molecule has 0 saturated carbocycles. The summed E-state index contributed by atoms with van der Waals surface area (Å²) < 4.78 is 30.8. The molecule has 1 aromatic heterocycles. The molecular weight excluding hydrogens is 264 g/mol. The van der Waals surface area contributed by atoms with Gasteiger partial charge in [-0.25, -0.2) is 12.7 Å². The smallest absolute Gasteiger partial charge is 0.242 e. The van der Waals surface area contributed by atoms with Crippen LogP contribution in [0.5, 0.6) is 0 Å². The monoisotopic (exact) mass is 280 g/mol. The Kier molecular flexibility index (Phi) is 3.47. The molecule has 102 valence electrons.